The van der Waals surface area contributed by atoms with Crippen LogP contribution >= 0.6 is 11.6 Å². The zero-order valence-corrected chi connectivity index (χ0v) is 15.2. The number of rotatable bonds is 4. The quantitative estimate of drug-likeness (QED) is 0.787. The molecule has 6 heteroatoms. The van der Waals surface area contributed by atoms with E-state index in [2.05, 4.69) is 28.9 Å². The Bertz CT molecular complexity index is 736. The molecule has 2 heterocycles. The average Bonchev–Trinajstić information content (AvgIpc) is 2.62. The Balaban J connectivity index is 1.62. The van der Waals surface area contributed by atoms with Crippen LogP contribution in [0.3, 0.4) is 0 Å². The third-order valence-electron chi connectivity index (χ3n) is 4.49. The number of aromatic nitrogens is 1. The molecule has 132 valence electrons. The molecule has 25 heavy (non-hydrogen) atoms. The monoisotopic (exact) mass is 359 g/mol. The number of halogens is 1. The number of nitrogens with zero attached hydrogens (tertiary/aromatic N) is 3. The van der Waals surface area contributed by atoms with Gasteiger partial charge in [-0.2, -0.15) is 0 Å². The number of pyridine rings is 1. The standard InChI is InChI=1S/C19H22ClN3O2/c1-14-12-22(13-15-4-3-5-17(10-15)25-2)8-9-23(14)19(24)16-6-7-18(20)21-11-16/h3-7,10-11,14H,8-9,12-13H2,1-2H3/t14-/m0/s1. The number of carbonyl (C=O) groups excluding carboxylic acids is 1. The van der Waals surface area contributed by atoms with Crippen molar-refractivity contribution in [3.63, 3.8) is 0 Å². The average molecular weight is 360 g/mol. The molecule has 1 amide bonds. The molecule has 1 aromatic carbocycles. The van der Waals surface area contributed by atoms with Crippen LogP contribution < -0.4 is 4.74 Å². The summed E-state index contributed by atoms with van der Waals surface area (Å²) < 4.78 is 5.28. The number of amides is 1. The van der Waals surface area contributed by atoms with E-state index in [-0.39, 0.29) is 11.9 Å². The van der Waals surface area contributed by atoms with Crippen molar-refractivity contribution in [2.24, 2.45) is 0 Å². The summed E-state index contributed by atoms with van der Waals surface area (Å²) in [5.74, 6) is 0.882. The molecule has 1 fully saturated rings. The van der Waals surface area contributed by atoms with Gasteiger partial charge in [0.05, 0.1) is 12.7 Å². The van der Waals surface area contributed by atoms with Gasteiger partial charge in [0.25, 0.3) is 5.91 Å². The molecule has 2 aromatic rings. The number of methoxy groups -OCH3 is 1. The molecule has 0 saturated carbocycles. The van der Waals surface area contributed by atoms with Crippen molar-refractivity contribution in [1.82, 2.24) is 14.8 Å². The molecule has 0 spiro atoms. The molecule has 1 saturated heterocycles. The zero-order chi connectivity index (χ0) is 17.8. The van der Waals surface area contributed by atoms with E-state index in [1.807, 2.05) is 17.0 Å². The molecule has 0 radical (unpaired) electrons. The van der Waals surface area contributed by atoms with Gasteiger partial charge in [-0.25, -0.2) is 4.98 Å². The first kappa shape index (κ1) is 17.7. The molecule has 1 aliphatic rings. The van der Waals surface area contributed by atoms with E-state index in [1.54, 1.807) is 25.4 Å². The fourth-order valence-corrected chi connectivity index (χ4v) is 3.29. The normalized spacial score (nSPS) is 18.2. The Hall–Kier alpha value is -2.11. The Morgan fingerprint density at radius 1 is 1.32 bits per heavy atom. The molecule has 0 N–H and O–H groups in total. The smallest absolute Gasteiger partial charge is 0.255 e. The van der Waals surface area contributed by atoms with E-state index < -0.39 is 0 Å². The zero-order valence-electron chi connectivity index (χ0n) is 14.5. The van der Waals surface area contributed by atoms with E-state index in [0.29, 0.717) is 17.3 Å². The van der Waals surface area contributed by atoms with E-state index in [9.17, 15) is 4.79 Å². The van der Waals surface area contributed by atoms with Crippen molar-refractivity contribution in [3.05, 3.63) is 58.9 Å². The van der Waals surface area contributed by atoms with Gasteiger partial charge in [-0.1, -0.05) is 23.7 Å². The summed E-state index contributed by atoms with van der Waals surface area (Å²) in [4.78, 5) is 21.0. The van der Waals surface area contributed by atoms with Crippen LogP contribution in [0.5, 0.6) is 5.75 Å². The largest absolute Gasteiger partial charge is 0.497 e. The Morgan fingerprint density at radius 2 is 2.16 bits per heavy atom. The van der Waals surface area contributed by atoms with E-state index >= 15 is 0 Å². The van der Waals surface area contributed by atoms with Gasteiger partial charge in [-0.3, -0.25) is 9.69 Å². The van der Waals surface area contributed by atoms with Gasteiger partial charge in [0.15, 0.2) is 0 Å². The van der Waals surface area contributed by atoms with Crippen molar-refractivity contribution in [1.29, 1.82) is 0 Å². The second kappa shape index (κ2) is 7.85. The third-order valence-corrected chi connectivity index (χ3v) is 4.71. The molecular weight excluding hydrogens is 338 g/mol. The summed E-state index contributed by atoms with van der Waals surface area (Å²) >= 11 is 5.80. The van der Waals surface area contributed by atoms with Crippen LogP contribution in [-0.4, -0.2) is 53.5 Å². The van der Waals surface area contributed by atoms with Crippen molar-refractivity contribution in [2.45, 2.75) is 19.5 Å². The van der Waals surface area contributed by atoms with Crippen LogP contribution in [0.15, 0.2) is 42.6 Å². The van der Waals surface area contributed by atoms with E-state index in [0.717, 1.165) is 25.4 Å². The summed E-state index contributed by atoms with van der Waals surface area (Å²) in [5, 5.41) is 0.396. The number of benzene rings is 1. The van der Waals surface area contributed by atoms with Crippen molar-refractivity contribution in [3.8, 4) is 5.75 Å². The maximum absolute atomic E-state index is 12.7. The minimum atomic E-state index is 0.0118. The lowest BCUT2D eigenvalue weighted by molar-refractivity contribution is 0.0475. The molecule has 1 aliphatic heterocycles. The molecular formula is C19H22ClN3O2. The number of carbonyl (C=O) groups is 1. The van der Waals surface area contributed by atoms with Crippen LogP contribution in [0.25, 0.3) is 0 Å². The van der Waals surface area contributed by atoms with Gasteiger partial charge in [0, 0.05) is 38.4 Å². The van der Waals surface area contributed by atoms with E-state index in [1.165, 1.54) is 5.56 Å². The molecule has 0 bridgehead atoms. The molecule has 1 aromatic heterocycles. The summed E-state index contributed by atoms with van der Waals surface area (Å²) in [6, 6.07) is 11.6. The lowest BCUT2D eigenvalue weighted by atomic mass is 10.1. The highest BCUT2D eigenvalue weighted by molar-refractivity contribution is 6.29. The lowest BCUT2D eigenvalue weighted by Gasteiger charge is -2.40. The maximum Gasteiger partial charge on any atom is 0.255 e. The number of hydrogen-bond acceptors (Lipinski definition) is 4. The Morgan fingerprint density at radius 3 is 2.84 bits per heavy atom. The molecule has 0 aliphatic carbocycles. The summed E-state index contributed by atoms with van der Waals surface area (Å²) in [6.07, 6.45) is 1.54. The second-order valence-corrected chi connectivity index (χ2v) is 6.69. The van der Waals surface area contributed by atoms with Crippen molar-refractivity contribution < 1.29 is 9.53 Å². The minimum absolute atomic E-state index is 0.0118. The van der Waals surface area contributed by atoms with Crippen LogP contribution in [0.1, 0.15) is 22.8 Å². The predicted octanol–water partition coefficient (Wildman–Crippen LogP) is 3.09. The fourth-order valence-electron chi connectivity index (χ4n) is 3.18. The van der Waals surface area contributed by atoms with Crippen molar-refractivity contribution in [2.75, 3.05) is 26.7 Å². The summed E-state index contributed by atoms with van der Waals surface area (Å²) in [7, 11) is 1.68. The van der Waals surface area contributed by atoms with Crippen LogP contribution in [0, 0.1) is 0 Å². The van der Waals surface area contributed by atoms with Gasteiger partial charge in [0.1, 0.15) is 10.9 Å². The summed E-state index contributed by atoms with van der Waals surface area (Å²) in [5.41, 5.74) is 1.80. The Labute approximate surface area is 153 Å². The first-order valence-electron chi connectivity index (χ1n) is 8.34. The highest BCUT2D eigenvalue weighted by Gasteiger charge is 2.28. The highest BCUT2D eigenvalue weighted by atomic mass is 35.5. The second-order valence-electron chi connectivity index (χ2n) is 6.30. The van der Waals surface area contributed by atoms with Crippen LogP contribution in [-0.2, 0) is 6.54 Å². The maximum atomic E-state index is 12.7. The third kappa shape index (κ3) is 4.30. The molecule has 3 rings (SSSR count). The summed E-state index contributed by atoms with van der Waals surface area (Å²) in [6.45, 7) is 5.32. The van der Waals surface area contributed by atoms with E-state index in [4.69, 9.17) is 16.3 Å². The number of hydrogen-bond donors (Lipinski definition) is 0. The van der Waals surface area contributed by atoms with Crippen molar-refractivity contribution >= 4 is 17.5 Å². The molecule has 1 atom stereocenters. The van der Waals surface area contributed by atoms with Gasteiger partial charge >= 0.3 is 0 Å². The SMILES string of the molecule is COc1cccc(CN2CCN(C(=O)c3ccc(Cl)nc3)[C@@H](C)C2)c1. The first-order valence-corrected chi connectivity index (χ1v) is 8.72. The first-order chi connectivity index (χ1) is 12.1. The number of ether oxygens (including phenoxy) is 1. The molecule has 0 unspecified atom stereocenters. The van der Waals surface area contributed by atoms with Crippen LogP contribution in [0.2, 0.25) is 5.15 Å². The fraction of sp³-hybridized carbons (Fsp3) is 0.368. The van der Waals surface area contributed by atoms with Gasteiger partial charge in [-0.15, -0.1) is 0 Å². The number of piperazine rings is 1. The minimum Gasteiger partial charge on any atom is -0.497 e. The lowest BCUT2D eigenvalue weighted by Crippen LogP contribution is -2.53. The molecule has 5 nitrogen and oxygen atoms in total. The Kier molecular flexibility index (Phi) is 5.56. The highest BCUT2D eigenvalue weighted by Crippen LogP contribution is 2.19. The van der Waals surface area contributed by atoms with Gasteiger partial charge in [0.2, 0.25) is 0 Å². The van der Waals surface area contributed by atoms with Gasteiger partial charge in [-0.05, 0) is 36.8 Å². The van der Waals surface area contributed by atoms with Crippen LogP contribution in [0.4, 0.5) is 0 Å². The predicted molar refractivity (Wildman–Crippen MR) is 98.0 cm³/mol. The van der Waals surface area contributed by atoms with Gasteiger partial charge < -0.3 is 9.64 Å². The topological polar surface area (TPSA) is 45.7 Å².